The molecule has 38 nitrogen and oxygen atoms in total. The molecule has 0 radical (unpaired) electrons. The predicted octanol–water partition coefficient (Wildman–Crippen LogP) is -5.88. The molecule has 0 saturated carbocycles. The second-order valence-electron chi connectivity index (χ2n) is 26.2. The van der Waals surface area contributed by atoms with Gasteiger partial charge in [-0.2, -0.15) is 13.2 Å². The maximum Gasteiger partial charge on any atom is 0.416 e. The van der Waals surface area contributed by atoms with Gasteiger partial charge in [0.2, 0.25) is 76.8 Å². The van der Waals surface area contributed by atoms with Gasteiger partial charge in [-0.15, -0.1) is 11.8 Å². The molecule has 0 unspecified atom stereocenters. The minimum Gasteiger partial charge on any atom is -0.481 e. The maximum atomic E-state index is 15.1. The Labute approximate surface area is 630 Å². The van der Waals surface area contributed by atoms with E-state index in [1.165, 1.54) is 11.0 Å². The molecule has 2 aromatic carbocycles. The lowest BCUT2D eigenvalue weighted by molar-refractivity contribution is -0.143. The van der Waals surface area contributed by atoms with E-state index >= 15 is 9.59 Å². The fourth-order valence-corrected chi connectivity index (χ4v) is 12.3. The van der Waals surface area contributed by atoms with Crippen molar-refractivity contribution in [1.82, 2.24) is 63.4 Å². The quantitative estimate of drug-likeness (QED) is 0.0250. The van der Waals surface area contributed by atoms with Crippen LogP contribution in [0, 0.1) is 5.92 Å². The van der Waals surface area contributed by atoms with Gasteiger partial charge in [-0.1, -0.05) is 62.4 Å². The number of unbranched alkanes of at least 4 members (excludes halogenated alkanes) is 1. The van der Waals surface area contributed by atoms with Gasteiger partial charge in [0.25, 0.3) is 0 Å². The first-order chi connectivity index (χ1) is 51.5. The molecule has 2 aromatic rings. The largest absolute Gasteiger partial charge is 0.481 e. The van der Waals surface area contributed by atoms with Gasteiger partial charge in [-0.05, 0) is 107 Å². The topological polar surface area (TPSA) is 640 Å². The van der Waals surface area contributed by atoms with E-state index in [2.05, 4.69) is 73.5 Å². The number of carboxylic acids is 1. The number of thioether (sulfide) groups is 1. The predicted molar refractivity (Wildman–Crippen MR) is 394 cm³/mol. The Kier molecular flexibility index (Phi) is 38.3. The number of nitrogens with one attached hydrogen (secondary N) is 11. The summed E-state index contributed by atoms with van der Waals surface area (Å²) in [6.07, 6.45) is -7.00. The highest BCUT2D eigenvalue weighted by atomic mass is 32.2. The first-order valence-corrected chi connectivity index (χ1v) is 36.4. The van der Waals surface area contributed by atoms with Gasteiger partial charge < -0.3 is 114 Å². The van der Waals surface area contributed by atoms with Crippen LogP contribution in [0.25, 0.3) is 0 Å². The summed E-state index contributed by atoms with van der Waals surface area (Å²) < 4.78 is 42.2. The van der Waals surface area contributed by atoms with Crippen LogP contribution in [0.15, 0.2) is 69.6 Å². The molecule has 13 amide bonds. The van der Waals surface area contributed by atoms with Crippen molar-refractivity contribution in [1.29, 1.82) is 0 Å². The highest BCUT2D eigenvalue weighted by Crippen LogP contribution is 2.30. The molecule has 2 saturated heterocycles. The molecule has 28 N–H and O–H groups in total. The summed E-state index contributed by atoms with van der Waals surface area (Å²) in [5, 5.41) is 37.3. The van der Waals surface area contributed by atoms with Crippen molar-refractivity contribution in [3.05, 3.63) is 71.3 Å². The number of amides is 13. The van der Waals surface area contributed by atoms with Crippen molar-refractivity contribution >= 4 is 112 Å². The Hall–Kier alpha value is -11.1. The van der Waals surface area contributed by atoms with Gasteiger partial charge in [0.05, 0.1) is 30.8 Å². The highest BCUT2D eigenvalue weighted by Gasteiger charge is 2.41. The number of guanidine groups is 3. The second kappa shape index (κ2) is 46.2. The molecule has 2 aliphatic rings. The Morgan fingerprint density at radius 1 is 0.532 bits per heavy atom. The van der Waals surface area contributed by atoms with E-state index in [9.17, 15) is 75.8 Å². The number of primary amides is 1. The van der Waals surface area contributed by atoms with Gasteiger partial charge in [0.1, 0.15) is 60.4 Å². The fraction of sp³-hybridized carbons (Fsp3) is 0.567. The smallest absolute Gasteiger partial charge is 0.416 e. The molecule has 602 valence electrons. The van der Waals surface area contributed by atoms with Crippen molar-refractivity contribution in [3.8, 4) is 0 Å². The molecule has 0 aliphatic carbocycles. The summed E-state index contributed by atoms with van der Waals surface area (Å²) in [5.41, 5.74) is 44.1. The van der Waals surface area contributed by atoms with Gasteiger partial charge in [0.15, 0.2) is 17.9 Å². The number of carbonyl (C=O) groups is 14. The molecule has 0 spiro atoms. The van der Waals surface area contributed by atoms with Gasteiger partial charge >= 0.3 is 12.1 Å². The third-order valence-electron chi connectivity index (χ3n) is 16.8. The number of fused-ring (bicyclic) bond motifs is 1. The number of nitrogens with two attached hydrogens (primary N) is 8. The number of carbonyl (C=O) groups excluding carboxylic acids is 13. The lowest BCUT2D eigenvalue weighted by Crippen LogP contribution is -2.60. The van der Waals surface area contributed by atoms with Crippen LogP contribution >= 0.6 is 11.8 Å². The minimum absolute atomic E-state index is 0.00522. The number of hydrogen-bond acceptors (Lipinski definition) is 19. The zero-order valence-corrected chi connectivity index (χ0v) is 61.4. The summed E-state index contributed by atoms with van der Waals surface area (Å²) in [6.45, 7) is 1.48. The Balaban J connectivity index is 1.88. The van der Waals surface area contributed by atoms with Crippen molar-refractivity contribution in [2.24, 2.45) is 66.8 Å². The van der Waals surface area contributed by atoms with Crippen molar-refractivity contribution in [3.63, 3.8) is 0 Å². The molecule has 42 heteroatoms. The number of aliphatic imine (C=N–C) groups is 3. The minimum atomic E-state index is -4.85. The first-order valence-electron chi connectivity index (χ1n) is 35.3. The monoisotopic (exact) mass is 1560 g/mol. The van der Waals surface area contributed by atoms with Crippen LogP contribution in [0.4, 0.5) is 13.2 Å². The van der Waals surface area contributed by atoms with Crippen LogP contribution in [0.3, 0.4) is 0 Å². The second-order valence-corrected chi connectivity index (χ2v) is 27.3. The molecule has 0 bridgehead atoms. The van der Waals surface area contributed by atoms with Crippen LogP contribution < -0.4 is 104 Å². The SMILES string of the molecule is CC(C)C[C@@H]1NC(=O)[C@H](Cc2cccc(C(F)(F)F)c2)NC(=O)CSC[C@@H](C(N)=O)NC(=O)CNC(=O)CNC(=O)[C@H](CCCN=C(N)N)NC(=O)[C@H](CC(=O)O)NC(=O)[C@H](CCCCN)NC(=O)[C@@H]2CCCN2C(=O)[C@H](CCCN=C(N)N)NC(=O)[C@H](Cc2ccccc2)NC(=O)[C@H](CCCN=C(N)N)NC1=O. The average Bonchev–Trinajstić information content (AvgIpc) is 1.74. The lowest BCUT2D eigenvalue weighted by Gasteiger charge is -2.31. The van der Waals surface area contributed by atoms with E-state index in [4.69, 9.17) is 45.9 Å². The van der Waals surface area contributed by atoms with E-state index in [1.807, 2.05) is 0 Å². The molecular formula is C67H102F3N23O15S. The summed E-state index contributed by atoms with van der Waals surface area (Å²) in [7, 11) is 0. The summed E-state index contributed by atoms with van der Waals surface area (Å²) in [4.78, 5) is 210. The number of hydrogen-bond donors (Lipinski definition) is 20. The first kappa shape index (κ1) is 90.3. The fourth-order valence-electron chi connectivity index (χ4n) is 11.4. The number of nitrogens with zero attached hydrogens (tertiary/aromatic N) is 4. The standard InChI is InChI=1S/C67H102F3N23O15S/c1-36(2)27-44-58(103)87-42(19-10-24-80-65(75)76)57(102)91-46(29-37-13-4-3-5-14-37)60(105)89-43(20-11-25-81-66(77)78)63(108)93-26-12-21-49(93)62(107)88-41(17-6-7-22-71)56(101)92-47(31-53(97)98)61(106)86-40(18-9-23-79-64(73)74)55(100)83-32-50(94)82-33-51(95)85-48(54(72)99)34-109-35-52(96)84-45(59(104)90-44)30-38-15-8-16-39(28-38)67(68,69)70/h3-5,8,13-16,28,36,40-49H,6-7,9-12,17-27,29-35,71H2,1-2H3,(H2,72,99)(H,82,94)(H,83,100)(H,84,96)(H,85,95)(H,86,106)(H,87,103)(H,88,107)(H,89,105)(H,90,104)(H,91,102)(H,92,101)(H,97,98)(H4,73,74,79)(H4,75,76,80)(H4,77,78,81)/t40-,41-,42-,43-,44-,45-,46-,47-,48-,49-/m0/s1. The van der Waals surface area contributed by atoms with Crippen LogP contribution in [-0.2, 0) is 86.1 Å². The van der Waals surface area contributed by atoms with Crippen LogP contribution in [-0.4, -0.2) is 228 Å². The molecule has 2 aliphatic heterocycles. The third-order valence-corrected chi connectivity index (χ3v) is 17.8. The molecule has 2 fully saturated rings. The van der Waals surface area contributed by atoms with Crippen molar-refractivity contribution in [2.45, 2.75) is 177 Å². The van der Waals surface area contributed by atoms with Crippen LogP contribution in [0.1, 0.15) is 114 Å². The number of benzene rings is 2. The molecule has 10 atom stereocenters. The number of aliphatic carboxylic acids is 1. The number of alkyl halides is 3. The van der Waals surface area contributed by atoms with Gasteiger partial charge in [-0.3, -0.25) is 82.1 Å². The molecular weight excluding hydrogens is 1460 g/mol. The number of rotatable bonds is 25. The summed E-state index contributed by atoms with van der Waals surface area (Å²) >= 11 is 0.698. The Morgan fingerprint density at radius 2 is 1.00 bits per heavy atom. The molecule has 2 heterocycles. The van der Waals surface area contributed by atoms with E-state index in [0.717, 1.165) is 18.2 Å². The molecule has 0 aromatic heterocycles. The molecule has 4 rings (SSSR count). The van der Waals surface area contributed by atoms with E-state index in [0.29, 0.717) is 23.7 Å². The third kappa shape index (κ3) is 33.7. The van der Waals surface area contributed by atoms with E-state index < -0.39 is 198 Å². The Morgan fingerprint density at radius 3 is 1.55 bits per heavy atom. The van der Waals surface area contributed by atoms with Gasteiger partial charge in [0, 0.05) is 44.8 Å². The zero-order chi connectivity index (χ0) is 80.9. The van der Waals surface area contributed by atoms with Crippen LogP contribution in [0.5, 0.6) is 0 Å². The normalized spacial score (nSPS) is 22.9. The summed E-state index contributed by atoms with van der Waals surface area (Å²) in [6, 6.07) is -3.73. The Bertz CT molecular complexity index is 3570. The molecule has 109 heavy (non-hydrogen) atoms. The highest BCUT2D eigenvalue weighted by molar-refractivity contribution is 8.00. The maximum absolute atomic E-state index is 15.1. The van der Waals surface area contributed by atoms with Crippen molar-refractivity contribution in [2.75, 3.05) is 57.3 Å². The average molecular weight is 1560 g/mol. The van der Waals surface area contributed by atoms with Crippen molar-refractivity contribution < 1.29 is 85.4 Å². The van der Waals surface area contributed by atoms with E-state index in [1.54, 1.807) is 44.2 Å². The van der Waals surface area contributed by atoms with E-state index in [-0.39, 0.29) is 133 Å². The number of carboxylic acid groups (broad SMARTS) is 1. The van der Waals surface area contributed by atoms with Gasteiger partial charge in [-0.25, -0.2) is 0 Å². The summed E-state index contributed by atoms with van der Waals surface area (Å²) in [5.74, 6) is -17.1. The lowest BCUT2D eigenvalue weighted by atomic mass is 9.99. The zero-order valence-electron chi connectivity index (χ0n) is 60.6. The van der Waals surface area contributed by atoms with Crippen LogP contribution in [0.2, 0.25) is 0 Å². The number of halogens is 3.